The molecule has 3 N–H and O–H groups in total. The zero-order chi connectivity index (χ0) is 17.0. The van der Waals surface area contributed by atoms with E-state index in [2.05, 4.69) is 41.2 Å². The molecule has 1 unspecified atom stereocenters. The molecule has 2 heterocycles. The van der Waals surface area contributed by atoms with Crippen LogP contribution in [-0.2, 0) is 16.6 Å². The number of carbonyl (C=O) groups is 2. The summed E-state index contributed by atoms with van der Waals surface area (Å²) in [6.07, 6.45) is 1.28. The third-order valence-electron chi connectivity index (χ3n) is 3.84. The molecule has 6 nitrogen and oxygen atoms in total. The number of carboxylic acid groups (broad SMARTS) is 2. The average molecular weight is 336 g/mol. The minimum atomic E-state index is -1.82. The molecule has 0 radical (unpaired) electrons. The van der Waals surface area contributed by atoms with Crippen molar-refractivity contribution < 1.29 is 19.8 Å². The van der Waals surface area contributed by atoms with Gasteiger partial charge in [0.1, 0.15) is 0 Å². The number of aromatic nitrogens is 1. The summed E-state index contributed by atoms with van der Waals surface area (Å²) in [7, 11) is 4.24. The molecule has 1 atom stereocenters. The van der Waals surface area contributed by atoms with Gasteiger partial charge in [0.2, 0.25) is 0 Å². The second-order valence-electron chi connectivity index (χ2n) is 5.30. The molecule has 2 aromatic rings. The molecule has 7 heteroatoms. The van der Waals surface area contributed by atoms with Crippen molar-refractivity contribution in [1.82, 2.24) is 9.88 Å². The normalized spacial score (nSPS) is 16.3. The van der Waals surface area contributed by atoms with Crippen molar-refractivity contribution in [2.75, 3.05) is 19.3 Å². The number of thioether (sulfide) groups is 1. The molecule has 0 amide bonds. The maximum Gasteiger partial charge on any atom is 0.414 e. The lowest BCUT2D eigenvalue weighted by molar-refractivity contribution is -0.159. The summed E-state index contributed by atoms with van der Waals surface area (Å²) < 4.78 is 2.36. The minimum absolute atomic E-state index is 0.669. The molecule has 1 aromatic carbocycles. The molecule has 0 aliphatic carbocycles. The van der Waals surface area contributed by atoms with Gasteiger partial charge in [-0.25, -0.2) is 9.59 Å². The molecule has 1 aromatic heterocycles. The van der Waals surface area contributed by atoms with E-state index < -0.39 is 11.9 Å². The zero-order valence-corrected chi connectivity index (χ0v) is 13.9. The molecule has 0 bridgehead atoms. The molecule has 23 heavy (non-hydrogen) atoms. The van der Waals surface area contributed by atoms with Gasteiger partial charge in [0, 0.05) is 36.2 Å². The standard InChI is InChI=1S/C14H18N2S.C2H2O4/c1-15-9-10-7-8-17-14-13(10)11-5-3-4-6-12(11)16(14)2;3-1(4)2(5)6/h3-6,10,15H,7-9H2,1-2H3;(H,3,4)(H,5,6). The number of para-hydroxylation sites is 1. The molecular weight excluding hydrogens is 316 g/mol. The number of benzene rings is 1. The number of hydrogen-bond donors (Lipinski definition) is 3. The van der Waals surface area contributed by atoms with E-state index in [1.54, 1.807) is 5.56 Å². The highest BCUT2D eigenvalue weighted by Gasteiger charge is 2.26. The fourth-order valence-electron chi connectivity index (χ4n) is 2.86. The third-order valence-corrected chi connectivity index (χ3v) is 5.04. The first-order valence-electron chi connectivity index (χ1n) is 7.28. The van der Waals surface area contributed by atoms with Gasteiger partial charge in [0.15, 0.2) is 0 Å². The number of fused-ring (bicyclic) bond motifs is 3. The van der Waals surface area contributed by atoms with Crippen LogP contribution < -0.4 is 5.32 Å². The molecular formula is C16H20N2O4S. The first-order chi connectivity index (χ1) is 11.0. The van der Waals surface area contributed by atoms with Crippen molar-refractivity contribution >= 4 is 34.6 Å². The second kappa shape index (κ2) is 7.52. The highest BCUT2D eigenvalue weighted by atomic mass is 32.2. The quantitative estimate of drug-likeness (QED) is 0.728. The summed E-state index contributed by atoms with van der Waals surface area (Å²) in [6.45, 7) is 1.08. The molecule has 0 fully saturated rings. The molecule has 124 valence electrons. The van der Waals surface area contributed by atoms with Gasteiger partial charge in [-0.1, -0.05) is 18.2 Å². The van der Waals surface area contributed by atoms with Gasteiger partial charge in [-0.15, -0.1) is 11.8 Å². The maximum atomic E-state index is 9.10. The van der Waals surface area contributed by atoms with Crippen LogP contribution in [0.5, 0.6) is 0 Å². The van der Waals surface area contributed by atoms with Crippen LogP contribution in [0.4, 0.5) is 0 Å². The summed E-state index contributed by atoms with van der Waals surface area (Å²) in [4.78, 5) is 18.2. The second-order valence-corrected chi connectivity index (χ2v) is 6.38. The Balaban J connectivity index is 0.000000277. The Morgan fingerprint density at radius 3 is 2.57 bits per heavy atom. The number of hydrogen-bond acceptors (Lipinski definition) is 4. The first kappa shape index (κ1) is 17.4. The molecule has 3 rings (SSSR count). The van der Waals surface area contributed by atoms with E-state index in [1.807, 2.05) is 18.8 Å². The lowest BCUT2D eigenvalue weighted by atomic mass is 9.95. The Morgan fingerprint density at radius 2 is 1.96 bits per heavy atom. The van der Waals surface area contributed by atoms with Gasteiger partial charge < -0.3 is 20.1 Å². The molecule has 1 aliphatic heterocycles. The lowest BCUT2D eigenvalue weighted by Gasteiger charge is -2.23. The predicted molar refractivity (Wildman–Crippen MR) is 90.2 cm³/mol. The van der Waals surface area contributed by atoms with Crippen LogP contribution in [0.15, 0.2) is 29.3 Å². The van der Waals surface area contributed by atoms with Crippen LogP contribution >= 0.6 is 11.8 Å². The van der Waals surface area contributed by atoms with Crippen LogP contribution in [0.1, 0.15) is 17.9 Å². The number of nitrogens with zero attached hydrogens (tertiary/aromatic N) is 1. The predicted octanol–water partition coefficient (Wildman–Crippen LogP) is 2.13. The smallest absolute Gasteiger partial charge is 0.414 e. The van der Waals surface area contributed by atoms with E-state index in [0.717, 1.165) is 6.54 Å². The monoisotopic (exact) mass is 336 g/mol. The van der Waals surface area contributed by atoms with Crippen LogP contribution in [0.25, 0.3) is 10.9 Å². The third kappa shape index (κ3) is 3.68. The van der Waals surface area contributed by atoms with Crippen molar-refractivity contribution in [2.24, 2.45) is 7.05 Å². The molecule has 0 saturated heterocycles. The van der Waals surface area contributed by atoms with E-state index in [4.69, 9.17) is 19.8 Å². The summed E-state index contributed by atoms with van der Waals surface area (Å²) in [5.41, 5.74) is 2.93. The highest BCUT2D eigenvalue weighted by molar-refractivity contribution is 7.99. The van der Waals surface area contributed by atoms with Gasteiger partial charge in [0.05, 0.1) is 5.03 Å². The van der Waals surface area contributed by atoms with Gasteiger partial charge in [-0.3, -0.25) is 0 Å². The summed E-state index contributed by atoms with van der Waals surface area (Å²) >= 11 is 2.01. The Bertz CT molecular complexity index is 714. The van der Waals surface area contributed by atoms with Gasteiger partial charge in [-0.2, -0.15) is 0 Å². The summed E-state index contributed by atoms with van der Waals surface area (Å²) in [5.74, 6) is -1.74. The van der Waals surface area contributed by atoms with Crippen LogP contribution in [0.2, 0.25) is 0 Å². The van der Waals surface area contributed by atoms with E-state index >= 15 is 0 Å². The summed E-state index contributed by atoms with van der Waals surface area (Å²) in [6, 6.07) is 8.78. The molecule has 1 aliphatic rings. The summed E-state index contributed by atoms with van der Waals surface area (Å²) in [5, 5.41) is 21.0. The van der Waals surface area contributed by atoms with E-state index in [9.17, 15) is 0 Å². The fraction of sp³-hybridized carbons (Fsp3) is 0.375. The van der Waals surface area contributed by atoms with E-state index in [1.165, 1.54) is 28.1 Å². The van der Waals surface area contributed by atoms with Crippen LogP contribution in [0, 0.1) is 0 Å². The molecule has 0 saturated carbocycles. The fourth-order valence-corrected chi connectivity index (χ4v) is 4.18. The Morgan fingerprint density at radius 1 is 1.30 bits per heavy atom. The number of rotatable bonds is 2. The van der Waals surface area contributed by atoms with Crippen LogP contribution in [0.3, 0.4) is 0 Å². The Kier molecular flexibility index (Phi) is 5.68. The SMILES string of the molecule is CNCC1CCSc2c1c1ccccc1n2C.O=C(O)C(=O)O. The Hall–Kier alpha value is -1.99. The van der Waals surface area contributed by atoms with Crippen molar-refractivity contribution in [3.05, 3.63) is 29.8 Å². The topological polar surface area (TPSA) is 91.6 Å². The van der Waals surface area contributed by atoms with Crippen molar-refractivity contribution in [2.45, 2.75) is 17.4 Å². The van der Waals surface area contributed by atoms with Crippen LogP contribution in [-0.4, -0.2) is 46.1 Å². The number of nitrogens with one attached hydrogen (secondary N) is 1. The van der Waals surface area contributed by atoms with Gasteiger partial charge in [0.25, 0.3) is 0 Å². The van der Waals surface area contributed by atoms with E-state index in [0.29, 0.717) is 5.92 Å². The highest BCUT2D eigenvalue weighted by Crippen LogP contribution is 2.42. The van der Waals surface area contributed by atoms with Crippen molar-refractivity contribution in [3.8, 4) is 0 Å². The first-order valence-corrected chi connectivity index (χ1v) is 8.26. The lowest BCUT2D eigenvalue weighted by Crippen LogP contribution is -2.20. The van der Waals surface area contributed by atoms with Crippen molar-refractivity contribution in [1.29, 1.82) is 0 Å². The van der Waals surface area contributed by atoms with E-state index in [-0.39, 0.29) is 0 Å². The van der Waals surface area contributed by atoms with Gasteiger partial charge >= 0.3 is 11.9 Å². The van der Waals surface area contributed by atoms with Gasteiger partial charge in [-0.05, 0) is 25.1 Å². The number of carboxylic acids is 2. The number of likely N-dealkylation sites (N-methyl/N-ethyl adjacent to an activating group) is 1. The number of aliphatic carboxylic acids is 2. The number of aryl methyl sites for hydroxylation is 1. The molecule has 0 spiro atoms. The zero-order valence-electron chi connectivity index (χ0n) is 13.1. The Labute approximate surface area is 138 Å². The minimum Gasteiger partial charge on any atom is -0.473 e. The maximum absolute atomic E-state index is 9.10. The van der Waals surface area contributed by atoms with Crippen molar-refractivity contribution in [3.63, 3.8) is 0 Å². The average Bonchev–Trinajstić information content (AvgIpc) is 2.83. The largest absolute Gasteiger partial charge is 0.473 e.